The zero-order chi connectivity index (χ0) is 25.2. The van der Waals surface area contributed by atoms with Crippen LogP contribution in [0.4, 0.5) is 11.4 Å². The van der Waals surface area contributed by atoms with Crippen molar-refractivity contribution in [3.05, 3.63) is 83.4 Å². The monoisotopic (exact) mass is 474 g/mol. The van der Waals surface area contributed by atoms with Crippen LogP contribution in [-0.2, 0) is 14.4 Å². The van der Waals surface area contributed by atoms with E-state index in [1.807, 2.05) is 38.1 Å². The Bertz CT molecular complexity index is 1260. The van der Waals surface area contributed by atoms with Crippen LogP contribution in [0.1, 0.15) is 16.7 Å². The van der Waals surface area contributed by atoms with Crippen molar-refractivity contribution in [2.24, 2.45) is 5.10 Å². The molecule has 0 spiro atoms. The molecule has 3 amide bonds. The lowest BCUT2D eigenvalue weighted by Crippen LogP contribution is -2.32. The van der Waals surface area contributed by atoms with Gasteiger partial charge in [-0.2, -0.15) is 5.10 Å². The number of nitrogens with one attached hydrogen (secondary N) is 3. The maximum absolute atomic E-state index is 12.4. The van der Waals surface area contributed by atoms with Crippen molar-refractivity contribution in [3.8, 4) is 11.5 Å². The number of nitrogens with zero attached hydrogens (tertiary/aromatic N) is 1. The molecule has 3 aromatic carbocycles. The Morgan fingerprint density at radius 2 is 1.69 bits per heavy atom. The number of hydrazone groups is 1. The molecule has 3 rings (SSSR count). The van der Waals surface area contributed by atoms with Gasteiger partial charge < -0.3 is 20.1 Å². The van der Waals surface area contributed by atoms with Crippen molar-refractivity contribution >= 4 is 35.3 Å². The lowest BCUT2D eigenvalue weighted by Gasteiger charge is -2.13. The van der Waals surface area contributed by atoms with E-state index in [9.17, 15) is 14.4 Å². The van der Waals surface area contributed by atoms with Gasteiger partial charge in [-0.3, -0.25) is 14.4 Å². The minimum atomic E-state index is -0.939. The summed E-state index contributed by atoms with van der Waals surface area (Å²) in [5.74, 6) is -1.51. The number of carbonyl (C=O) groups is 3. The van der Waals surface area contributed by atoms with Crippen molar-refractivity contribution in [2.45, 2.75) is 13.8 Å². The molecule has 0 aliphatic carbocycles. The molecule has 0 atom stereocenters. The van der Waals surface area contributed by atoms with Crippen molar-refractivity contribution in [1.82, 2.24) is 5.43 Å². The Morgan fingerprint density at radius 1 is 0.914 bits per heavy atom. The molecular formula is C26H26N4O5. The van der Waals surface area contributed by atoms with Gasteiger partial charge in [0, 0.05) is 16.9 Å². The first-order valence-corrected chi connectivity index (χ1v) is 10.7. The molecule has 3 N–H and O–H groups in total. The van der Waals surface area contributed by atoms with Crippen LogP contribution in [0.2, 0.25) is 0 Å². The molecule has 0 bridgehead atoms. The Morgan fingerprint density at radius 3 is 2.43 bits per heavy atom. The first-order valence-electron chi connectivity index (χ1n) is 10.7. The van der Waals surface area contributed by atoms with Gasteiger partial charge in [-0.25, -0.2) is 5.43 Å². The van der Waals surface area contributed by atoms with E-state index in [-0.39, 0.29) is 18.3 Å². The first-order chi connectivity index (χ1) is 16.9. The molecule has 0 aliphatic rings. The van der Waals surface area contributed by atoms with Crippen LogP contribution in [0.15, 0.2) is 71.8 Å². The fraction of sp³-hybridized carbons (Fsp3) is 0.154. The Kier molecular flexibility index (Phi) is 8.55. The van der Waals surface area contributed by atoms with Gasteiger partial charge in [-0.15, -0.1) is 0 Å². The Labute approximate surface area is 203 Å². The topological polar surface area (TPSA) is 118 Å². The summed E-state index contributed by atoms with van der Waals surface area (Å²) in [6.45, 7) is 3.49. The summed E-state index contributed by atoms with van der Waals surface area (Å²) in [5.41, 5.74) is 5.67. The number of hydrogen-bond donors (Lipinski definition) is 3. The largest absolute Gasteiger partial charge is 0.493 e. The lowest BCUT2D eigenvalue weighted by molar-refractivity contribution is -0.136. The average Bonchev–Trinajstić information content (AvgIpc) is 2.84. The van der Waals surface area contributed by atoms with Crippen LogP contribution in [0.25, 0.3) is 0 Å². The smallest absolute Gasteiger partial charge is 0.329 e. The molecule has 3 aromatic rings. The average molecular weight is 475 g/mol. The molecule has 0 fully saturated rings. The molecule has 9 heteroatoms. The Balaban J connectivity index is 1.63. The summed E-state index contributed by atoms with van der Waals surface area (Å²) in [7, 11) is 1.47. The lowest BCUT2D eigenvalue weighted by atomic mass is 10.2. The van der Waals surface area contributed by atoms with Gasteiger partial charge in [0.1, 0.15) is 0 Å². The number of anilines is 2. The number of hydrogen-bond acceptors (Lipinski definition) is 6. The van der Waals surface area contributed by atoms with Crippen LogP contribution >= 0.6 is 0 Å². The van der Waals surface area contributed by atoms with E-state index in [1.165, 1.54) is 13.3 Å². The summed E-state index contributed by atoms with van der Waals surface area (Å²) in [6, 6.07) is 19.5. The number of methoxy groups -OCH3 is 1. The van der Waals surface area contributed by atoms with Crippen molar-refractivity contribution in [1.29, 1.82) is 0 Å². The standard InChI is InChI=1S/C26H26N4O5/c1-17-8-6-11-20(14-17)28-25(32)26(33)30-27-15-19-10-7-13-22(34-3)24(19)35-16-23(31)29-21-12-5-4-9-18(21)2/h4-15H,16H2,1-3H3,(H,28,32)(H,29,31)(H,30,33)/b27-15-. The van der Waals surface area contributed by atoms with Gasteiger partial charge in [0.25, 0.3) is 5.91 Å². The molecule has 0 unspecified atom stereocenters. The van der Waals surface area contributed by atoms with Gasteiger partial charge in [-0.1, -0.05) is 36.4 Å². The minimum absolute atomic E-state index is 0.261. The summed E-state index contributed by atoms with van der Waals surface area (Å²) in [5, 5.41) is 9.14. The van der Waals surface area contributed by atoms with E-state index >= 15 is 0 Å². The first kappa shape index (κ1) is 25.0. The number of benzene rings is 3. The molecule has 180 valence electrons. The SMILES string of the molecule is COc1cccc(/C=N\NC(=O)C(=O)Nc2cccc(C)c2)c1OCC(=O)Nc1ccccc1C. The number of aryl methyl sites for hydroxylation is 2. The van der Waals surface area contributed by atoms with E-state index in [0.29, 0.717) is 22.7 Å². The number of para-hydroxylation sites is 2. The second-order valence-corrected chi connectivity index (χ2v) is 7.55. The van der Waals surface area contributed by atoms with E-state index in [2.05, 4.69) is 21.2 Å². The molecule has 0 saturated heterocycles. The van der Waals surface area contributed by atoms with Crippen molar-refractivity contribution < 1.29 is 23.9 Å². The maximum Gasteiger partial charge on any atom is 0.329 e. The van der Waals surface area contributed by atoms with Gasteiger partial charge in [0.2, 0.25) is 0 Å². The predicted octanol–water partition coefficient (Wildman–Crippen LogP) is 3.42. The third kappa shape index (κ3) is 7.16. The van der Waals surface area contributed by atoms with E-state index in [1.54, 1.807) is 42.5 Å². The highest BCUT2D eigenvalue weighted by molar-refractivity contribution is 6.39. The summed E-state index contributed by atoms with van der Waals surface area (Å²) < 4.78 is 11.0. The maximum atomic E-state index is 12.4. The molecule has 0 aliphatic heterocycles. The second-order valence-electron chi connectivity index (χ2n) is 7.55. The molecule has 0 saturated carbocycles. The van der Waals surface area contributed by atoms with Gasteiger partial charge in [0.15, 0.2) is 18.1 Å². The molecule has 35 heavy (non-hydrogen) atoms. The van der Waals surface area contributed by atoms with E-state index in [0.717, 1.165) is 11.1 Å². The van der Waals surface area contributed by atoms with E-state index in [4.69, 9.17) is 9.47 Å². The second kappa shape index (κ2) is 12.0. The van der Waals surface area contributed by atoms with Crippen LogP contribution in [-0.4, -0.2) is 37.7 Å². The summed E-state index contributed by atoms with van der Waals surface area (Å²) >= 11 is 0. The third-order valence-electron chi connectivity index (χ3n) is 4.85. The highest BCUT2D eigenvalue weighted by atomic mass is 16.5. The van der Waals surface area contributed by atoms with Crippen LogP contribution in [0.3, 0.4) is 0 Å². The molecule has 9 nitrogen and oxygen atoms in total. The number of carbonyl (C=O) groups excluding carboxylic acids is 3. The predicted molar refractivity (Wildman–Crippen MR) is 134 cm³/mol. The zero-order valence-electron chi connectivity index (χ0n) is 19.6. The van der Waals surface area contributed by atoms with Gasteiger partial charge >= 0.3 is 11.8 Å². The number of ether oxygens (including phenoxy) is 2. The normalized spacial score (nSPS) is 10.5. The number of rotatable bonds is 8. The molecule has 0 aromatic heterocycles. The van der Waals surface area contributed by atoms with Gasteiger partial charge in [-0.05, 0) is 55.3 Å². The van der Waals surface area contributed by atoms with Gasteiger partial charge in [0.05, 0.1) is 13.3 Å². The van der Waals surface area contributed by atoms with E-state index < -0.39 is 11.8 Å². The molecule has 0 heterocycles. The fourth-order valence-corrected chi connectivity index (χ4v) is 3.11. The highest BCUT2D eigenvalue weighted by Crippen LogP contribution is 2.30. The molecular weight excluding hydrogens is 448 g/mol. The number of amides is 3. The Hall–Kier alpha value is -4.66. The zero-order valence-corrected chi connectivity index (χ0v) is 19.6. The minimum Gasteiger partial charge on any atom is -0.493 e. The van der Waals surface area contributed by atoms with Crippen LogP contribution in [0, 0.1) is 13.8 Å². The van der Waals surface area contributed by atoms with Crippen LogP contribution < -0.4 is 25.5 Å². The third-order valence-corrected chi connectivity index (χ3v) is 4.85. The fourth-order valence-electron chi connectivity index (χ4n) is 3.11. The quantitative estimate of drug-likeness (QED) is 0.263. The van der Waals surface area contributed by atoms with Crippen molar-refractivity contribution in [2.75, 3.05) is 24.4 Å². The summed E-state index contributed by atoms with van der Waals surface area (Å²) in [4.78, 5) is 36.6. The molecule has 0 radical (unpaired) electrons. The summed E-state index contributed by atoms with van der Waals surface area (Å²) in [6.07, 6.45) is 1.30. The highest BCUT2D eigenvalue weighted by Gasteiger charge is 2.15. The van der Waals surface area contributed by atoms with Crippen molar-refractivity contribution in [3.63, 3.8) is 0 Å². The van der Waals surface area contributed by atoms with Crippen LogP contribution in [0.5, 0.6) is 11.5 Å².